The molecule has 2 aromatic heterocycles. The van der Waals surface area contributed by atoms with Gasteiger partial charge in [-0.25, -0.2) is 13.4 Å². The molecule has 0 aliphatic carbocycles. The Morgan fingerprint density at radius 1 is 1.35 bits per heavy atom. The lowest BCUT2D eigenvalue weighted by molar-refractivity contribution is -0.0648. The van der Waals surface area contributed by atoms with Crippen molar-refractivity contribution in [2.45, 2.75) is 43.1 Å². The highest BCUT2D eigenvalue weighted by molar-refractivity contribution is 7.98. The lowest BCUT2D eigenvalue weighted by Crippen LogP contribution is -2.36. The first kappa shape index (κ1) is 24.2. The van der Waals surface area contributed by atoms with E-state index in [1.54, 1.807) is 0 Å². The van der Waals surface area contributed by atoms with E-state index >= 15 is 0 Å². The van der Waals surface area contributed by atoms with E-state index in [2.05, 4.69) is 15.0 Å². The molecule has 31 heavy (non-hydrogen) atoms. The number of anilines is 1. The zero-order chi connectivity index (χ0) is 23.1. The molecule has 6 N–H and O–H groups in total. The Morgan fingerprint density at radius 2 is 2.03 bits per heavy atom. The smallest absolute Gasteiger partial charge is 0.369 e. The van der Waals surface area contributed by atoms with Crippen LogP contribution in [0.1, 0.15) is 19.6 Å². The maximum absolute atomic E-state index is 12.2. The number of hydrogen-bond acceptors (Lipinski definition) is 11. The number of aliphatic hydroxyl groups is 2. The highest BCUT2D eigenvalue weighted by Crippen LogP contribution is 2.45. The number of imidazole rings is 1. The molecule has 17 heteroatoms. The molecule has 0 aromatic carbocycles. The van der Waals surface area contributed by atoms with E-state index in [9.17, 15) is 33.0 Å². The van der Waals surface area contributed by atoms with Gasteiger partial charge in [-0.3, -0.25) is 9.13 Å². The van der Waals surface area contributed by atoms with E-state index in [1.165, 1.54) is 17.8 Å². The topological polar surface area (TPSA) is 220 Å². The molecular formula is C14H21ClN5O9PS. The number of fused-ring (bicyclic) bond motifs is 1. The summed E-state index contributed by atoms with van der Waals surface area (Å²) in [5.74, 6) is -0.530. The predicted molar refractivity (Wildman–Crippen MR) is 107 cm³/mol. The molecule has 2 aromatic rings. The van der Waals surface area contributed by atoms with Gasteiger partial charge in [0, 0.05) is 0 Å². The Morgan fingerprint density at radius 3 is 2.65 bits per heavy atom. The second-order valence-electron chi connectivity index (χ2n) is 6.84. The third kappa shape index (κ3) is 4.84. The van der Waals surface area contributed by atoms with Gasteiger partial charge >= 0.3 is 7.60 Å². The summed E-state index contributed by atoms with van der Waals surface area (Å²) in [7, 11) is -9.49. The Hall–Kier alpha value is -1.42. The summed E-state index contributed by atoms with van der Waals surface area (Å²) in [4.78, 5) is 30.6. The van der Waals surface area contributed by atoms with Gasteiger partial charge in [-0.1, -0.05) is 6.92 Å². The molecule has 0 bridgehead atoms. The molecule has 0 amide bonds. The number of hydrogen-bond donors (Lipinski definition) is 5. The standard InChI is InChI=1S/C14H21ClN5O9PS/c1-2-3-31(26,27)14(30(23,24)25)28-4-6-8(21)9(22)12(29-6)20-5-17-7-10(16)18-13(15)19-11(7)20/h5-6,8-9,12,14,21-22H,2-4H2,1H3,(H2,16,18,19)(H2,23,24,25)/t6-,8-,9-,12-,14?/m1/s1. The molecule has 0 saturated carbocycles. The van der Waals surface area contributed by atoms with Gasteiger partial charge in [-0.2, -0.15) is 9.97 Å². The van der Waals surface area contributed by atoms with Gasteiger partial charge in [-0.05, 0) is 18.0 Å². The van der Waals surface area contributed by atoms with Gasteiger partial charge in [0.25, 0.3) is 5.18 Å². The molecule has 1 unspecified atom stereocenters. The number of nitrogen functional groups attached to an aromatic ring is 1. The van der Waals surface area contributed by atoms with Crippen LogP contribution in [-0.2, 0) is 23.9 Å². The summed E-state index contributed by atoms with van der Waals surface area (Å²) in [6.07, 6.45) is -4.35. The van der Waals surface area contributed by atoms with Gasteiger partial charge in [0.2, 0.25) is 5.28 Å². The van der Waals surface area contributed by atoms with Crippen molar-refractivity contribution in [2.24, 2.45) is 0 Å². The Bertz CT molecular complexity index is 1110. The number of aliphatic hydroxyl groups excluding tert-OH is 2. The summed E-state index contributed by atoms with van der Waals surface area (Å²) in [6, 6.07) is 0. The van der Waals surface area contributed by atoms with Crippen molar-refractivity contribution < 1.29 is 42.5 Å². The predicted octanol–water partition coefficient (Wildman–Crippen LogP) is -1.02. The third-order valence-corrected chi connectivity index (χ3v) is 8.89. The number of ether oxygens (including phenoxy) is 2. The summed E-state index contributed by atoms with van der Waals surface area (Å²) in [5, 5.41) is 18.1. The monoisotopic (exact) mass is 501 g/mol. The summed E-state index contributed by atoms with van der Waals surface area (Å²) >= 11 is 5.80. The number of nitrogens with two attached hydrogens (primary N) is 1. The van der Waals surface area contributed by atoms with Crippen molar-refractivity contribution in [3.63, 3.8) is 0 Å². The van der Waals surface area contributed by atoms with Crippen LogP contribution in [0, 0.1) is 0 Å². The largest absolute Gasteiger partial charge is 0.387 e. The highest BCUT2D eigenvalue weighted by Gasteiger charge is 2.47. The first-order chi connectivity index (χ1) is 14.4. The van der Waals surface area contributed by atoms with Crippen LogP contribution in [0.4, 0.5) is 5.82 Å². The number of aromatic nitrogens is 4. The molecule has 1 saturated heterocycles. The molecule has 0 radical (unpaired) electrons. The van der Waals surface area contributed by atoms with Crippen molar-refractivity contribution in [1.29, 1.82) is 0 Å². The minimum atomic E-state index is -5.20. The minimum absolute atomic E-state index is 0.0210. The third-order valence-electron chi connectivity index (χ3n) is 4.51. The number of rotatable bonds is 8. The quantitative estimate of drug-likeness (QED) is 0.216. The molecule has 174 valence electrons. The van der Waals surface area contributed by atoms with E-state index < -0.39 is 59.5 Å². The van der Waals surface area contributed by atoms with E-state index in [0.29, 0.717) is 0 Å². The van der Waals surface area contributed by atoms with Gasteiger partial charge in [0.15, 0.2) is 27.5 Å². The van der Waals surface area contributed by atoms with E-state index in [0.717, 1.165) is 0 Å². The Kier molecular flexibility index (Phi) is 6.91. The lowest BCUT2D eigenvalue weighted by Gasteiger charge is -2.22. The fraction of sp³-hybridized carbons (Fsp3) is 0.643. The number of halogens is 1. The molecule has 14 nitrogen and oxygen atoms in total. The van der Waals surface area contributed by atoms with Crippen molar-refractivity contribution in [3.05, 3.63) is 11.6 Å². The minimum Gasteiger partial charge on any atom is -0.387 e. The lowest BCUT2D eigenvalue weighted by atomic mass is 10.1. The molecule has 1 fully saturated rings. The molecule has 0 spiro atoms. The number of nitrogens with zero attached hydrogens (tertiary/aromatic N) is 4. The molecular weight excluding hydrogens is 481 g/mol. The van der Waals surface area contributed by atoms with Crippen LogP contribution in [-0.4, -0.2) is 83.8 Å². The van der Waals surface area contributed by atoms with Gasteiger partial charge < -0.3 is 35.2 Å². The van der Waals surface area contributed by atoms with Gasteiger partial charge in [0.05, 0.1) is 18.7 Å². The van der Waals surface area contributed by atoms with Crippen LogP contribution in [0.5, 0.6) is 0 Å². The van der Waals surface area contributed by atoms with E-state index in [1.807, 2.05) is 0 Å². The van der Waals surface area contributed by atoms with Crippen molar-refractivity contribution in [3.8, 4) is 0 Å². The van der Waals surface area contributed by atoms with Crippen molar-refractivity contribution >= 4 is 46.0 Å². The van der Waals surface area contributed by atoms with Crippen LogP contribution >= 0.6 is 19.2 Å². The SMILES string of the molecule is CCCS(=O)(=O)C(OC[C@H]1O[C@@H](n2cnc3c(N)nc(Cl)nc32)[C@H](O)[C@@H]1O)P(=O)(O)O. The molecule has 5 atom stereocenters. The second-order valence-corrected chi connectivity index (χ2v) is 11.3. The fourth-order valence-corrected chi connectivity index (χ4v) is 6.66. The maximum Gasteiger partial charge on any atom is 0.369 e. The normalized spacial score (nSPS) is 25.9. The molecule has 3 heterocycles. The van der Waals surface area contributed by atoms with E-state index in [-0.39, 0.29) is 28.7 Å². The fourth-order valence-electron chi connectivity index (χ4n) is 3.17. The van der Waals surface area contributed by atoms with Crippen LogP contribution < -0.4 is 5.73 Å². The summed E-state index contributed by atoms with van der Waals surface area (Å²) in [5.41, 5.74) is 6.00. The maximum atomic E-state index is 12.2. The second kappa shape index (κ2) is 8.84. The Labute approximate surface area is 181 Å². The molecule has 1 aliphatic rings. The summed E-state index contributed by atoms with van der Waals surface area (Å²) in [6.45, 7) is 0.801. The number of sulfone groups is 1. The summed E-state index contributed by atoms with van der Waals surface area (Å²) < 4.78 is 47.8. The van der Waals surface area contributed by atoms with Crippen LogP contribution in [0.3, 0.4) is 0 Å². The molecule has 1 aliphatic heterocycles. The van der Waals surface area contributed by atoms with Crippen LogP contribution in [0.25, 0.3) is 11.2 Å². The first-order valence-corrected chi connectivity index (χ1v) is 12.7. The first-order valence-electron chi connectivity index (χ1n) is 8.92. The van der Waals surface area contributed by atoms with Gasteiger partial charge in [-0.15, -0.1) is 0 Å². The molecule has 3 rings (SSSR count). The highest BCUT2D eigenvalue weighted by atomic mass is 35.5. The van der Waals surface area contributed by atoms with Crippen LogP contribution in [0.15, 0.2) is 6.33 Å². The zero-order valence-corrected chi connectivity index (χ0v) is 18.5. The average Bonchev–Trinajstić information content (AvgIpc) is 3.16. The van der Waals surface area contributed by atoms with Gasteiger partial charge in [0.1, 0.15) is 23.8 Å². The zero-order valence-electron chi connectivity index (χ0n) is 16.0. The Balaban J connectivity index is 1.82. The van der Waals surface area contributed by atoms with E-state index in [4.69, 9.17) is 26.8 Å². The van der Waals surface area contributed by atoms with Crippen LogP contribution in [0.2, 0.25) is 5.28 Å². The van der Waals surface area contributed by atoms with Crippen molar-refractivity contribution in [2.75, 3.05) is 18.1 Å². The average molecular weight is 502 g/mol. The van der Waals surface area contributed by atoms with Crippen molar-refractivity contribution in [1.82, 2.24) is 19.5 Å².